The number of aromatic nitrogens is 2. The molecule has 0 unspecified atom stereocenters. The molecule has 27 heavy (non-hydrogen) atoms. The number of benzene rings is 1. The number of carboxylic acid groups (broad SMARTS) is 1. The normalized spacial score (nSPS) is 11.6. The number of aromatic carboxylic acids is 1. The molecule has 0 aliphatic rings. The van der Waals surface area contributed by atoms with E-state index in [4.69, 9.17) is 5.11 Å². The SMILES string of the molecule is CC(C)N(C)S(=O)(=O)c1ccc(CNC(=O)c2cnc(C(=O)O)cn2)cc1. The van der Waals surface area contributed by atoms with E-state index >= 15 is 0 Å². The van der Waals surface area contributed by atoms with Crippen LogP contribution in [-0.4, -0.2) is 52.8 Å². The minimum absolute atomic E-state index is 0.0160. The third-order valence-electron chi connectivity index (χ3n) is 3.88. The molecule has 1 aromatic carbocycles. The predicted molar refractivity (Wildman–Crippen MR) is 96.7 cm³/mol. The topological polar surface area (TPSA) is 130 Å². The third-order valence-corrected chi connectivity index (χ3v) is 5.93. The number of rotatable bonds is 7. The summed E-state index contributed by atoms with van der Waals surface area (Å²) in [6.07, 6.45) is 2.08. The quantitative estimate of drug-likeness (QED) is 0.722. The lowest BCUT2D eigenvalue weighted by Gasteiger charge is -2.21. The monoisotopic (exact) mass is 392 g/mol. The van der Waals surface area contributed by atoms with Gasteiger partial charge in [-0.2, -0.15) is 4.31 Å². The summed E-state index contributed by atoms with van der Waals surface area (Å²) in [6.45, 7) is 3.72. The molecule has 1 amide bonds. The van der Waals surface area contributed by atoms with Crippen LogP contribution >= 0.6 is 0 Å². The van der Waals surface area contributed by atoms with Gasteiger partial charge >= 0.3 is 5.97 Å². The predicted octanol–water partition coefficient (Wildman–Crippen LogP) is 1.13. The maximum Gasteiger partial charge on any atom is 0.356 e. The number of amides is 1. The molecule has 1 heterocycles. The number of carbonyl (C=O) groups excluding carboxylic acids is 1. The van der Waals surface area contributed by atoms with E-state index in [1.807, 2.05) is 0 Å². The Bertz CT molecular complexity index is 925. The first kappa shape index (κ1) is 20.5. The van der Waals surface area contributed by atoms with Crippen LogP contribution in [0.2, 0.25) is 0 Å². The van der Waals surface area contributed by atoms with E-state index in [-0.39, 0.29) is 28.9 Å². The zero-order valence-electron chi connectivity index (χ0n) is 15.1. The van der Waals surface area contributed by atoms with E-state index in [2.05, 4.69) is 15.3 Å². The van der Waals surface area contributed by atoms with Gasteiger partial charge in [0.05, 0.1) is 17.3 Å². The molecule has 2 N–H and O–H groups in total. The van der Waals surface area contributed by atoms with Crippen molar-refractivity contribution in [3.8, 4) is 0 Å². The summed E-state index contributed by atoms with van der Waals surface area (Å²) in [5, 5.41) is 11.4. The van der Waals surface area contributed by atoms with Crippen LogP contribution in [0.5, 0.6) is 0 Å². The van der Waals surface area contributed by atoms with Crippen molar-refractivity contribution in [2.24, 2.45) is 0 Å². The summed E-state index contributed by atoms with van der Waals surface area (Å²) in [5.74, 6) is -1.75. The molecule has 0 saturated carbocycles. The van der Waals surface area contributed by atoms with Gasteiger partial charge in [-0.05, 0) is 31.5 Å². The minimum atomic E-state index is -3.56. The van der Waals surface area contributed by atoms with E-state index in [1.165, 1.54) is 23.5 Å². The summed E-state index contributed by atoms with van der Waals surface area (Å²) < 4.78 is 26.1. The van der Waals surface area contributed by atoms with Gasteiger partial charge in [-0.3, -0.25) is 4.79 Å². The molecule has 2 rings (SSSR count). The fourth-order valence-corrected chi connectivity index (χ4v) is 3.42. The molecule has 0 bridgehead atoms. The summed E-state index contributed by atoms with van der Waals surface area (Å²) >= 11 is 0. The van der Waals surface area contributed by atoms with Crippen LogP contribution in [0.3, 0.4) is 0 Å². The van der Waals surface area contributed by atoms with Crippen molar-refractivity contribution in [3.63, 3.8) is 0 Å². The lowest BCUT2D eigenvalue weighted by Crippen LogP contribution is -2.33. The van der Waals surface area contributed by atoms with Crippen LogP contribution in [-0.2, 0) is 16.6 Å². The van der Waals surface area contributed by atoms with Gasteiger partial charge in [-0.15, -0.1) is 0 Å². The number of nitrogens with one attached hydrogen (secondary N) is 1. The van der Waals surface area contributed by atoms with Gasteiger partial charge in [0.25, 0.3) is 5.91 Å². The van der Waals surface area contributed by atoms with Crippen molar-refractivity contribution in [3.05, 3.63) is 53.6 Å². The van der Waals surface area contributed by atoms with Gasteiger partial charge in [-0.1, -0.05) is 12.1 Å². The van der Waals surface area contributed by atoms with Crippen molar-refractivity contribution < 1.29 is 23.1 Å². The van der Waals surface area contributed by atoms with E-state index in [0.717, 1.165) is 12.4 Å². The van der Waals surface area contributed by atoms with Crippen molar-refractivity contribution in [1.29, 1.82) is 0 Å². The molecule has 0 aliphatic heterocycles. The first-order chi connectivity index (χ1) is 12.6. The Labute approximate surface area is 157 Å². The molecule has 10 heteroatoms. The maximum absolute atomic E-state index is 12.4. The highest BCUT2D eigenvalue weighted by Gasteiger charge is 2.22. The zero-order chi connectivity index (χ0) is 20.2. The average molecular weight is 392 g/mol. The molecule has 1 aromatic heterocycles. The second kappa shape index (κ2) is 8.23. The van der Waals surface area contributed by atoms with E-state index < -0.39 is 21.9 Å². The van der Waals surface area contributed by atoms with Gasteiger partial charge < -0.3 is 10.4 Å². The molecule has 0 fully saturated rings. The average Bonchev–Trinajstić information content (AvgIpc) is 2.65. The van der Waals surface area contributed by atoms with E-state index in [1.54, 1.807) is 26.0 Å². The molecule has 0 saturated heterocycles. The molecular formula is C17H20N4O5S. The number of carbonyl (C=O) groups is 2. The highest BCUT2D eigenvalue weighted by atomic mass is 32.2. The first-order valence-electron chi connectivity index (χ1n) is 8.03. The van der Waals surface area contributed by atoms with Crippen LogP contribution < -0.4 is 5.32 Å². The molecule has 2 aromatic rings. The van der Waals surface area contributed by atoms with Crippen molar-refractivity contribution in [1.82, 2.24) is 19.6 Å². The summed E-state index contributed by atoms with van der Waals surface area (Å²) in [5.41, 5.74) is 0.428. The molecule has 0 aliphatic carbocycles. The highest BCUT2D eigenvalue weighted by molar-refractivity contribution is 7.89. The fourth-order valence-electron chi connectivity index (χ4n) is 2.05. The standard InChI is InChI=1S/C17H20N4O5S/c1-11(2)21(3)27(25,26)13-6-4-12(5-7-13)8-20-16(22)14-9-19-15(10-18-14)17(23)24/h4-7,9-11H,8H2,1-3H3,(H,20,22)(H,23,24). The molecule has 144 valence electrons. The number of sulfonamides is 1. The Morgan fingerprint density at radius 3 is 2.15 bits per heavy atom. The smallest absolute Gasteiger partial charge is 0.356 e. The van der Waals surface area contributed by atoms with Gasteiger partial charge in [0.15, 0.2) is 5.69 Å². The maximum atomic E-state index is 12.4. The summed E-state index contributed by atoms with van der Waals surface area (Å²) in [6, 6.07) is 6.03. The largest absolute Gasteiger partial charge is 0.476 e. The Balaban J connectivity index is 2.02. The highest BCUT2D eigenvalue weighted by Crippen LogP contribution is 2.17. The second-order valence-corrected chi connectivity index (χ2v) is 8.03. The van der Waals surface area contributed by atoms with Crippen LogP contribution in [0.1, 0.15) is 40.4 Å². The number of nitrogens with zero attached hydrogens (tertiary/aromatic N) is 3. The van der Waals surface area contributed by atoms with Crippen LogP contribution in [0.4, 0.5) is 0 Å². The van der Waals surface area contributed by atoms with Crippen LogP contribution in [0.25, 0.3) is 0 Å². The molecule has 0 spiro atoms. The lowest BCUT2D eigenvalue weighted by atomic mass is 10.2. The number of hydrogen-bond donors (Lipinski definition) is 2. The first-order valence-corrected chi connectivity index (χ1v) is 9.47. The molecule has 0 radical (unpaired) electrons. The summed E-state index contributed by atoms with van der Waals surface area (Å²) in [7, 11) is -2.04. The van der Waals surface area contributed by atoms with Gasteiger partial charge in [-0.25, -0.2) is 23.2 Å². The molecule has 0 atom stereocenters. The van der Waals surface area contributed by atoms with Gasteiger partial charge in [0, 0.05) is 19.6 Å². The third kappa shape index (κ3) is 4.86. The Kier molecular flexibility index (Phi) is 6.24. The van der Waals surface area contributed by atoms with Crippen LogP contribution in [0.15, 0.2) is 41.6 Å². The summed E-state index contributed by atoms with van der Waals surface area (Å²) in [4.78, 5) is 30.3. The van der Waals surface area contributed by atoms with Crippen molar-refractivity contribution in [2.75, 3.05) is 7.05 Å². The zero-order valence-corrected chi connectivity index (χ0v) is 15.9. The number of carboxylic acids is 1. The van der Waals surface area contributed by atoms with Crippen molar-refractivity contribution >= 4 is 21.9 Å². The minimum Gasteiger partial charge on any atom is -0.476 e. The number of hydrogen-bond acceptors (Lipinski definition) is 6. The van der Waals surface area contributed by atoms with Crippen LogP contribution in [0, 0.1) is 0 Å². The fraction of sp³-hybridized carbons (Fsp3) is 0.294. The molecular weight excluding hydrogens is 372 g/mol. The van der Waals surface area contributed by atoms with Gasteiger partial charge in [0.2, 0.25) is 10.0 Å². The second-order valence-electron chi connectivity index (χ2n) is 6.03. The Morgan fingerprint density at radius 2 is 1.67 bits per heavy atom. The van der Waals surface area contributed by atoms with E-state index in [0.29, 0.717) is 5.56 Å². The van der Waals surface area contributed by atoms with Gasteiger partial charge in [0.1, 0.15) is 5.69 Å². The Hall–Kier alpha value is -2.85. The molecule has 9 nitrogen and oxygen atoms in total. The van der Waals surface area contributed by atoms with E-state index in [9.17, 15) is 18.0 Å². The lowest BCUT2D eigenvalue weighted by molar-refractivity contribution is 0.0689. The Morgan fingerprint density at radius 1 is 1.11 bits per heavy atom. The van der Waals surface area contributed by atoms with Crippen molar-refractivity contribution in [2.45, 2.75) is 31.3 Å².